The number of nitrogens with zero attached hydrogens (tertiary/aromatic N) is 3. The van der Waals surface area contributed by atoms with Crippen LogP contribution in [0.5, 0.6) is 0 Å². The maximum Gasteiger partial charge on any atom is 0.317 e. The molecule has 0 saturated heterocycles. The SMILES string of the molecule is CC(C)n1cc(S(=O)(=O)NC2CC(N(CC(=O)O)CC3CC3)C2)cn1. The molecule has 140 valence electrons. The van der Waals surface area contributed by atoms with Crippen LogP contribution in [0.4, 0.5) is 0 Å². The number of hydrogen-bond acceptors (Lipinski definition) is 5. The van der Waals surface area contributed by atoms with Crippen LogP contribution in [0.1, 0.15) is 45.6 Å². The Bertz CT molecular complexity index is 720. The molecule has 8 nitrogen and oxygen atoms in total. The second kappa shape index (κ2) is 7.05. The first kappa shape index (κ1) is 18.3. The zero-order valence-electron chi connectivity index (χ0n) is 14.6. The minimum atomic E-state index is -3.58. The molecular formula is C16H26N4O4S. The normalized spacial score (nSPS) is 23.8. The van der Waals surface area contributed by atoms with Gasteiger partial charge in [0.25, 0.3) is 0 Å². The van der Waals surface area contributed by atoms with Crippen LogP contribution in [-0.2, 0) is 14.8 Å². The summed E-state index contributed by atoms with van der Waals surface area (Å²) in [6, 6.07) is 0.0970. The largest absolute Gasteiger partial charge is 0.480 e. The Morgan fingerprint density at radius 3 is 2.64 bits per heavy atom. The summed E-state index contributed by atoms with van der Waals surface area (Å²) >= 11 is 0. The summed E-state index contributed by atoms with van der Waals surface area (Å²) in [4.78, 5) is 13.2. The van der Waals surface area contributed by atoms with Gasteiger partial charge in [0.05, 0.1) is 12.7 Å². The van der Waals surface area contributed by atoms with E-state index in [9.17, 15) is 13.2 Å². The second-order valence-electron chi connectivity index (χ2n) is 7.46. The molecule has 2 aliphatic carbocycles. The van der Waals surface area contributed by atoms with Crippen molar-refractivity contribution in [2.45, 2.75) is 62.6 Å². The van der Waals surface area contributed by atoms with Gasteiger partial charge in [0.15, 0.2) is 0 Å². The number of aliphatic carboxylic acids is 1. The molecule has 2 aliphatic rings. The van der Waals surface area contributed by atoms with E-state index < -0.39 is 16.0 Å². The van der Waals surface area contributed by atoms with Gasteiger partial charge in [-0.2, -0.15) is 5.10 Å². The first-order valence-electron chi connectivity index (χ1n) is 8.77. The molecule has 3 rings (SSSR count). The van der Waals surface area contributed by atoms with Crippen molar-refractivity contribution in [2.75, 3.05) is 13.1 Å². The van der Waals surface area contributed by atoms with Crippen molar-refractivity contribution >= 4 is 16.0 Å². The van der Waals surface area contributed by atoms with Gasteiger partial charge >= 0.3 is 5.97 Å². The van der Waals surface area contributed by atoms with Gasteiger partial charge in [-0.25, -0.2) is 13.1 Å². The van der Waals surface area contributed by atoms with E-state index >= 15 is 0 Å². The lowest BCUT2D eigenvalue weighted by Gasteiger charge is -2.42. The van der Waals surface area contributed by atoms with Crippen LogP contribution in [0.25, 0.3) is 0 Å². The molecule has 2 saturated carbocycles. The Morgan fingerprint density at radius 2 is 2.12 bits per heavy atom. The van der Waals surface area contributed by atoms with Crippen LogP contribution >= 0.6 is 0 Å². The highest BCUT2D eigenvalue weighted by Crippen LogP contribution is 2.34. The fourth-order valence-corrected chi connectivity index (χ4v) is 4.36. The first-order chi connectivity index (χ1) is 11.7. The Morgan fingerprint density at radius 1 is 1.44 bits per heavy atom. The van der Waals surface area contributed by atoms with E-state index in [0.29, 0.717) is 18.8 Å². The van der Waals surface area contributed by atoms with Crippen molar-refractivity contribution in [3.63, 3.8) is 0 Å². The summed E-state index contributed by atoms with van der Waals surface area (Å²) in [6.07, 6.45) is 6.53. The lowest BCUT2D eigenvalue weighted by atomic mass is 9.86. The summed E-state index contributed by atoms with van der Waals surface area (Å²) in [6.45, 7) is 4.70. The number of carboxylic acids is 1. The standard InChI is InChI=1S/C16H26N4O4S/c1-11(2)20-9-15(7-17-20)25(23,24)18-13-5-14(6-13)19(10-16(21)22)8-12-3-4-12/h7,9,11-14,18H,3-6,8,10H2,1-2H3,(H,21,22). The molecule has 0 spiro atoms. The number of carbonyl (C=O) groups is 1. The van der Waals surface area contributed by atoms with Crippen molar-refractivity contribution in [1.29, 1.82) is 0 Å². The molecule has 1 aromatic rings. The van der Waals surface area contributed by atoms with Gasteiger partial charge < -0.3 is 5.11 Å². The van der Waals surface area contributed by atoms with Crippen molar-refractivity contribution in [2.24, 2.45) is 5.92 Å². The molecule has 0 radical (unpaired) electrons. The molecule has 0 aromatic carbocycles. The van der Waals surface area contributed by atoms with Crippen LogP contribution in [0.15, 0.2) is 17.3 Å². The Hall–Kier alpha value is -1.45. The van der Waals surface area contributed by atoms with Gasteiger partial charge in [-0.1, -0.05) is 0 Å². The molecule has 2 fully saturated rings. The Kier molecular flexibility index (Phi) is 5.17. The van der Waals surface area contributed by atoms with E-state index in [0.717, 1.165) is 6.54 Å². The summed E-state index contributed by atoms with van der Waals surface area (Å²) in [5, 5.41) is 13.1. The van der Waals surface area contributed by atoms with E-state index in [2.05, 4.69) is 9.82 Å². The van der Waals surface area contributed by atoms with Crippen LogP contribution in [0.2, 0.25) is 0 Å². The average molecular weight is 370 g/mol. The highest BCUT2D eigenvalue weighted by molar-refractivity contribution is 7.89. The van der Waals surface area contributed by atoms with Crippen molar-refractivity contribution in [3.8, 4) is 0 Å². The molecule has 0 atom stereocenters. The predicted octanol–water partition coefficient (Wildman–Crippen LogP) is 1.07. The lowest BCUT2D eigenvalue weighted by Crippen LogP contribution is -2.55. The molecular weight excluding hydrogens is 344 g/mol. The molecule has 2 N–H and O–H groups in total. The van der Waals surface area contributed by atoms with E-state index in [1.165, 1.54) is 25.2 Å². The van der Waals surface area contributed by atoms with E-state index in [1.54, 1.807) is 4.68 Å². The Labute approximate surface area is 148 Å². The van der Waals surface area contributed by atoms with Gasteiger partial charge in [-0.15, -0.1) is 0 Å². The molecule has 1 aromatic heterocycles. The van der Waals surface area contributed by atoms with Crippen molar-refractivity contribution in [3.05, 3.63) is 12.4 Å². The fraction of sp³-hybridized carbons (Fsp3) is 0.750. The molecule has 1 heterocycles. The smallest absolute Gasteiger partial charge is 0.317 e. The van der Waals surface area contributed by atoms with Gasteiger partial charge in [0.2, 0.25) is 10.0 Å². The van der Waals surface area contributed by atoms with Crippen LogP contribution in [0.3, 0.4) is 0 Å². The quantitative estimate of drug-likeness (QED) is 0.674. The number of sulfonamides is 1. The van der Waals surface area contributed by atoms with Gasteiger partial charge in [0.1, 0.15) is 4.90 Å². The van der Waals surface area contributed by atoms with Crippen LogP contribution in [0, 0.1) is 5.92 Å². The van der Waals surface area contributed by atoms with Crippen molar-refractivity contribution in [1.82, 2.24) is 19.4 Å². The third-order valence-corrected chi connectivity index (χ3v) is 6.37. The molecule has 0 aliphatic heterocycles. The number of hydrogen-bond donors (Lipinski definition) is 2. The topological polar surface area (TPSA) is 105 Å². The van der Waals surface area contributed by atoms with E-state index in [4.69, 9.17) is 5.11 Å². The maximum absolute atomic E-state index is 12.4. The predicted molar refractivity (Wildman–Crippen MR) is 91.7 cm³/mol. The Balaban J connectivity index is 1.55. The molecule has 9 heteroatoms. The maximum atomic E-state index is 12.4. The average Bonchev–Trinajstić information content (AvgIpc) is 3.12. The van der Waals surface area contributed by atoms with E-state index in [1.807, 2.05) is 18.7 Å². The summed E-state index contributed by atoms with van der Waals surface area (Å²) in [7, 11) is -3.58. The zero-order valence-corrected chi connectivity index (χ0v) is 15.4. The highest BCUT2D eigenvalue weighted by atomic mass is 32.2. The molecule has 0 unspecified atom stereocenters. The summed E-state index contributed by atoms with van der Waals surface area (Å²) in [5.74, 6) is -0.220. The van der Waals surface area contributed by atoms with Gasteiger partial charge in [-0.3, -0.25) is 14.4 Å². The van der Waals surface area contributed by atoms with Gasteiger partial charge in [-0.05, 0) is 45.4 Å². The number of aromatic nitrogens is 2. The van der Waals surface area contributed by atoms with Crippen molar-refractivity contribution < 1.29 is 18.3 Å². The zero-order chi connectivity index (χ0) is 18.2. The summed E-state index contributed by atoms with van der Waals surface area (Å²) in [5.41, 5.74) is 0. The summed E-state index contributed by atoms with van der Waals surface area (Å²) < 4.78 is 29.2. The van der Waals surface area contributed by atoms with Crippen LogP contribution < -0.4 is 4.72 Å². The van der Waals surface area contributed by atoms with Gasteiger partial charge in [0, 0.05) is 30.9 Å². The first-order valence-corrected chi connectivity index (χ1v) is 10.2. The highest BCUT2D eigenvalue weighted by Gasteiger charge is 2.39. The minimum Gasteiger partial charge on any atom is -0.480 e. The van der Waals surface area contributed by atoms with E-state index in [-0.39, 0.29) is 29.6 Å². The molecule has 25 heavy (non-hydrogen) atoms. The molecule has 0 amide bonds. The number of nitrogens with one attached hydrogen (secondary N) is 1. The third-order valence-electron chi connectivity index (χ3n) is 4.90. The van der Waals surface area contributed by atoms with Crippen LogP contribution in [-0.4, -0.2) is 59.3 Å². The number of carboxylic acid groups (broad SMARTS) is 1. The lowest BCUT2D eigenvalue weighted by molar-refractivity contribution is -0.139. The minimum absolute atomic E-state index is 0.0296. The third kappa shape index (κ3) is 4.59. The fourth-order valence-electron chi connectivity index (χ4n) is 3.16. The number of rotatable bonds is 9. The molecule has 0 bridgehead atoms. The second-order valence-corrected chi connectivity index (χ2v) is 9.17. The monoisotopic (exact) mass is 370 g/mol.